The molecule has 4 nitrogen and oxygen atoms in total. The molecule has 0 fully saturated rings. The minimum Gasteiger partial charge on any atom is -0.379 e. The van der Waals surface area contributed by atoms with Gasteiger partial charge < -0.3 is 10.2 Å². The monoisotopic (exact) mass is 262 g/mol. The molecule has 5 heteroatoms. The molecule has 0 bridgehead atoms. The third-order valence-corrected chi connectivity index (χ3v) is 2.93. The molecule has 0 radical (unpaired) electrons. The van der Waals surface area contributed by atoms with E-state index >= 15 is 0 Å². The van der Waals surface area contributed by atoms with Crippen LogP contribution in [0.4, 0.5) is 4.39 Å². The number of benzene rings is 1. The van der Waals surface area contributed by atoms with Crippen LogP contribution in [-0.2, 0) is 9.63 Å². The summed E-state index contributed by atoms with van der Waals surface area (Å²) in [6, 6.07) is 6.29. The molecule has 0 aliphatic carbocycles. The molecule has 19 heavy (non-hydrogen) atoms. The van der Waals surface area contributed by atoms with Crippen molar-refractivity contribution in [2.75, 3.05) is 6.54 Å². The zero-order chi connectivity index (χ0) is 13.9. The quantitative estimate of drug-likeness (QED) is 0.844. The van der Waals surface area contributed by atoms with Gasteiger partial charge in [-0.2, -0.15) is 0 Å². The predicted molar refractivity (Wildman–Crippen MR) is 70.3 cm³/mol. The van der Waals surface area contributed by atoms with Gasteiger partial charge in [0.05, 0.1) is 5.71 Å². The van der Waals surface area contributed by atoms with Crippen LogP contribution in [0.3, 0.4) is 0 Å². The first kappa shape index (κ1) is 13.3. The van der Waals surface area contributed by atoms with Gasteiger partial charge in [0, 0.05) is 18.5 Å². The minimum atomic E-state index is -1.10. The Balaban J connectivity index is 2.12. The summed E-state index contributed by atoms with van der Waals surface area (Å²) in [6.07, 6.45) is 1.81. The molecule has 0 aromatic heterocycles. The Labute approximate surface area is 110 Å². The molecule has 0 saturated heterocycles. The molecule has 1 aliphatic heterocycles. The summed E-state index contributed by atoms with van der Waals surface area (Å²) in [7, 11) is 0. The average Bonchev–Trinajstić information content (AvgIpc) is 2.80. The molecule has 0 saturated carbocycles. The normalized spacial score (nSPS) is 21.5. The molecule has 1 aliphatic rings. The smallest absolute Gasteiger partial charge is 0.267 e. The fourth-order valence-electron chi connectivity index (χ4n) is 1.85. The second-order valence-corrected chi connectivity index (χ2v) is 4.52. The highest BCUT2D eigenvalue weighted by atomic mass is 19.1. The van der Waals surface area contributed by atoms with Crippen LogP contribution in [0.5, 0.6) is 0 Å². The van der Waals surface area contributed by atoms with E-state index in [2.05, 4.69) is 17.1 Å². The third-order valence-electron chi connectivity index (χ3n) is 2.93. The first-order valence-electron chi connectivity index (χ1n) is 5.96. The largest absolute Gasteiger partial charge is 0.379 e. The molecule has 100 valence electrons. The van der Waals surface area contributed by atoms with Gasteiger partial charge in [0.2, 0.25) is 5.60 Å². The van der Waals surface area contributed by atoms with Crippen molar-refractivity contribution in [3.05, 3.63) is 48.3 Å². The van der Waals surface area contributed by atoms with Crippen LogP contribution in [0.1, 0.15) is 18.9 Å². The fourth-order valence-corrected chi connectivity index (χ4v) is 1.85. The molecule has 1 N–H and O–H groups in total. The molecular formula is C14H15FN2O2. The molecule has 1 heterocycles. The third kappa shape index (κ3) is 2.65. The van der Waals surface area contributed by atoms with Gasteiger partial charge >= 0.3 is 0 Å². The van der Waals surface area contributed by atoms with E-state index in [-0.39, 0.29) is 18.1 Å². The van der Waals surface area contributed by atoms with Crippen LogP contribution in [0.2, 0.25) is 0 Å². The molecule has 0 spiro atoms. The lowest BCUT2D eigenvalue weighted by Crippen LogP contribution is -2.44. The maximum atomic E-state index is 13.6. The number of oxime groups is 1. The number of nitrogens with one attached hydrogen (secondary N) is 1. The summed E-state index contributed by atoms with van der Waals surface area (Å²) >= 11 is 0. The molecule has 1 atom stereocenters. The topological polar surface area (TPSA) is 50.7 Å². The SMILES string of the molecule is C=CCNC(=O)[C@]1(C)CC(c2ccccc2F)=NO1. The Hall–Kier alpha value is -2.17. The number of amides is 1. The fraction of sp³-hybridized carbons (Fsp3) is 0.286. The summed E-state index contributed by atoms with van der Waals surface area (Å²) in [5, 5.41) is 6.49. The molecule has 1 amide bonds. The van der Waals surface area contributed by atoms with E-state index in [0.29, 0.717) is 17.8 Å². The van der Waals surface area contributed by atoms with Gasteiger partial charge in [-0.05, 0) is 13.0 Å². The van der Waals surface area contributed by atoms with Crippen molar-refractivity contribution in [2.24, 2.45) is 5.16 Å². The van der Waals surface area contributed by atoms with Crippen molar-refractivity contribution in [2.45, 2.75) is 18.9 Å². The van der Waals surface area contributed by atoms with E-state index in [9.17, 15) is 9.18 Å². The first-order valence-corrected chi connectivity index (χ1v) is 5.96. The van der Waals surface area contributed by atoms with Gasteiger partial charge in [-0.3, -0.25) is 4.79 Å². The number of carbonyl (C=O) groups excluding carboxylic acids is 1. The second kappa shape index (κ2) is 5.22. The number of hydrogen-bond donors (Lipinski definition) is 1. The lowest BCUT2D eigenvalue weighted by Gasteiger charge is -2.19. The predicted octanol–water partition coefficient (Wildman–Crippen LogP) is 2.01. The first-order chi connectivity index (χ1) is 9.07. The summed E-state index contributed by atoms with van der Waals surface area (Å²) in [6.45, 7) is 5.50. The summed E-state index contributed by atoms with van der Waals surface area (Å²) < 4.78 is 13.6. The maximum absolute atomic E-state index is 13.6. The highest BCUT2D eigenvalue weighted by molar-refractivity contribution is 6.05. The highest BCUT2D eigenvalue weighted by Crippen LogP contribution is 2.27. The van der Waals surface area contributed by atoms with Crippen LogP contribution in [0.15, 0.2) is 42.1 Å². The summed E-state index contributed by atoms with van der Waals surface area (Å²) in [5.74, 6) is -0.664. The number of rotatable bonds is 4. The van der Waals surface area contributed by atoms with Crippen molar-refractivity contribution < 1.29 is 14.0 Å². The molecule has 2 rings (SSSR count). The maximum Gasteiger partial charge on any atom is 0.267 e. The van der Waals surface area contributed by atoms with Crippen LogP contribution >= 0.6 is 0 Å². The molecule has 1 aromatic carbocycles. The molecule has 1 aromatic rings. The van der Waals surface area contributed by atoms with E-state index in [1.165, 1.54) is 6.07 Å². The van der Waals surface area contributed by atoms with Gasteiger partial charge in [0.1, 0.15) is 5.82 Å². The van der Waals surface area contributed by atoms with E-state index in [4.69, 9.17) is 4.84 Å². The molecule has 0 unspecified atom stereocenters. The lowest BCUT2D eigenvalue weighted by atomic mass is 9.95. The van der Waals surface area contributed by atoms with Crippen molar-refractivity contribution >= 4 is 11.6 Å². The standard InChI is InChI=1S/C14H15FN2O2/c1-3-8-16-13(18)14(2)9-12(17-19-14)10-6-4-5-7-11(10)15/h3-7H,1,8-9H2,2H3,(H,16,18)/t14-/m0/s1. The van der Waals surface area contributed by atoms with Crippen molar-refractivity contribution in [1.29, 1.82) is 0 Å². The summed E-state index contributed by atoms with van der Waals surface area (Å²) in [4.78, 5) is 17.1. The summed E-state index contributed by atoms with van der Waals surface area (Å²) in [5.41, 5.74) is -0.294. The van der Waals surface area contributed by atoms with E-state index in [1.807, 2.05) is 0 Å². The second-order valence-electron chi connectivity index (χ2n) is 4.52. The van der Waals surface area contributed by atoms with Crippen molar-refractivity contribution in [1.82, 2.24) is 5.32 Å². The minimum absolute atomic E-state index is 0.233. The Morgan fingerprint density at radius 1 is 1.63 bits per heavy atom. The Kier molecular flexibility index (Phi) is 3.64. The van der Waals surface area contributed by atoms with Gasteiger partial charge in [0.25, 0.3) is 5.91 Å². The number of nitrogens with zero attached hydrogens (tertiary/aromatic N) is 1. The Morgan fingerprint density at radius 2 is 2.37 bits per heavy atom. The van der Waals surface area contributed by atoms with Crippen LogP contribution in [0, 0.1) is 5.82 Å². The van der Waals surface area contributed by atoms with Crippen LogP contribution in [-0.4, -0.2) is 23.8 Å². The number of halogens is 1. The van der Waals surface area contributed by atoms with Gasteiger partial charge in [0.15, 0.2) is 0 Å². The van der Waals surface area contributed by atoms with Crippen molar-refractivity contribution in [3.8, 4) is 0 Å². The lowest BCUT2D eigenvalue weighted by molar-refractivity contribution is -0.141. The van der Waals surface area contributed by atoms with Crippen molar-refractivity contribution in [3.63, 3.8) is 0 Å². The van der Waals surface area contributed by atoms with E-state index in [1.54, 1.807) is 31.2 Å². The average molecular weight is 262 g/mol. The zero-order valence-corrected chi connectivity index (χ0v) is 10.6. The molecular weight excluding hydrogens is 247 g/mol. The van der Waals surface area contributed by atoms with E-state index in [0.717, 1.165) is 0 Å². The van der Waals surface area contributed by atoms with Crippen LogP contribution < -0.4 is 5.32 Å². The number of hydrogen-bond acceptors (Lipinski definition) is 3. The Morgan fingerprint density at radius 3 is 3.05 bits per heavy atom. The Bertz CT molecular complexity index is 542. The van der Waals surface area contributed by atoms with Crippen LogP contribution in [0.25, 0.3) is 0 Å². The highest BCUT2D eigenvalue weighted by Gasteiger charge is 2.42. The van der Waals surface area contributed by atoms with Gasteiger partial charge in [-0.15, -0.1) is 6.58 Å². The van der Waals surface area contributed by atoms with E-state index < -0.39 is 5.60 Å². The van der Waals surface area contributed by atoms with Gasteiger partial charge in [-0.25, -0.2) is 4.39 Å². The number of carbonyl (C=O) groups is 1. The zero-order valence-electron chi connectivity index (χ0n) is 10.6. The van der Waals surface area contributed by atoms with Gasteiger partial charge in [-0.1, -0.05) is 29.4 Å².